The first kappa shape index (κ1) is 46.9. The first-order chi connectivity index (χ1) is 24.6. The molecule has 2 fully saturated rings. The van der Waals surface area contributed by atoms with Crippen molar-refractivity contribution in [2.45, 2.75) is 234 Å². The fourth-order valence-electron chi connectivity index (χ4n) is 7.84. The van der Waals surface area contributed by atoms with Crippen LogP contribution in [-0.2, 0) is 28.7 Å². The van der Waals surface area contributed by atoms with Gasteiger partial charge in [0.2, 0.25) is 0 Å². The fourth-order valence-corrected chi connectivity index (χ4v) is 7.84. The third-order valence-electron chi connectivity index (χ3n) is 13.2. The molecule has 2 saturated heterocycles. The molecular formula is C44H84N2O6. The third-order valence-corrected chi connectivity index (χ3v) is 13.2. The molecule has 2 rings (SSSR count). The van der Waals surface area contributed by atoms with Gasteiger partial charge in [0.05, 0.1) is 13.2 Å². The van der Waals surface area contributed by atoms with Crippen molar-refractivity contribution in [1.82, 2.24) is 10.1 Å². The van der Waals surface area contributed by atoms with E-state index in [0.717, 1.165) is 90.5 Å². The third kappa shape index (κ3) is 14.5. The van der Waals surface area contributed by atoms with Crippen molar-refractivity contribution < 1.29 is 28.7 Å². The number of carbonyl (C=O) groups excluding carboxylic acids is 2. The molecule has 52 heavy (non-hydrogen) atoms. The Bertz CT molecular complexity index is 917. The molecule has 2 aliphatic heterocycles. The molecule has 0 saturated carbocycles. The number of esters is 2. The number of rotatable bonds is 27. The van der Waals surface area contributed by atoms with Crippen molar-refractivity contribution in [3.05, 3.63) is 0 Å². The Morgan fingerprint density at radius 2 is 0.788 bits per heavy atom. The summed E-state index contributed by atoms with van der Waals surface area (Å²) in [5.41, 5.74) is -0.935. The largest absolute Gasteiger partial charge is 0.462 e. The van der Waals surface area contributed by atoms with Gasteiger partial charge in [0, 0.05) is 60.7 Å². The first-order valence-electron chi connectivity index (χ1n) is 21.8. The molecule has 2 atom stereocenters. The second kappa shape index (κ2) is 23.6. The fraction of sp³-hybridized carbons (Fsp3) is 0.955. The van der Waals surface area contributed by atoms with E-state index in [-0.39, 0.29) is 46.1 Å². The molecule has 2 aliphatic rings. The van der Waals surface area contributed by atoms with Gasteiger partial charge in [-0.15, -0.1) is 0 Å². The molecule has 2 heterocycles. The summed E-state index contributed by atoms with van der Waals surface area (Å²) in [6.45, 7) is 25.3. The van der Waals surface area contributed by atoms with Gasteiger partial charge in [-0.3, -0.25) is 19.3 Å². The lowest BCUT2D eigenvalue weighted by Crippen LogP contribution is -2.63. The molecule has 0 radical (unpaired) electrons. The molecule has 306 valence electrons. The Morgan fingerprint density at radius 1 is 0.481 bits per heavy atom. The van der Waals surface area contributed by atoms with E-state index in [1.807, 2.05) is 0 Å². The van der Waals surface area contributed by atoms with Crippen LogP contribution in [0.3, 0.4) is 0 Å². The summed E-state index contributed by atoms with van der Waals surface area (Å²) >= 11 is 0. The Hall–Kier alpha value is -1.22. The van der Waals surface area contributed by atoms with Crippen LogP contribution in [0, 0.1) is 10.8 Å². The van der Waals surface area contributed by atoms with Crippen LogP contribution < -0.4 is 0 Å². The van der Waals surface area contributed by atoms with E-state index in [2.05, 4.69) is 79.4 Å². The first-order valence-corrected chi connectivity index (χ1v) is 21.8. The molecular weight excluding hydrogens is 652 g/mol. The molecule has 0 aromatic rings. The van der Waals surface area contributed by atoms with Crippen LogP contribution in [0.4, 0.5) is 0 Å². The highest BCUT2D eigenvalue weighted by Crippen LogP contribution is 2.46. The summed E-state index contributed by atoms with van der Waals surface area (Å²) < 4.78 is 12.2. The minimum absolute atomic E-state index is 0.0839. The maximum absolute atomic E-state index is 12.9. The van der Waals surface area contributed by atoms with Gasteiger partial charge in [-0.1, -0.05) is 131 Å². The van der Waals surface area contributed by atoms with E-state index >= 15 is 0 Å². The summed E-state index contributed by atoms with van der Waals surface area (Å²) in [5, 5.41) is 4.28. The zero-order valence-corrected chi connectivity index (χ0v) is 35.9. The van der Waals surface area contributed by atoms with Crippen LogP contribution in [-0.4, -0.2) is 71.7 Å². The number of piperidine rings is 2. The highest BCUT2D eigenvalue weighted by molar-refractivity contribution is 5.70. The van der Waals surface area contributed by atoms with Crippen LogP contribution >= 0.6 is 0 Å². The topological polar surface area (TPSA) is 77.5 Å². The molecule has 0 N–H and O–H groups in total. The zero-order valence-electron chi connectivity index (χ0n) is 35.9. The van der Waals surface area contributed by atoms with Crippen LogP contribution in [0.1, 0.15) is 210 Å². The Balaban J connectivity index is 1.59. The quantitative estimate of drug-likeness (QED) is 0.0609. The molecule has 8 heteroatoms. The second-order valence-corrected chi connectivity index (χ2v) is 18.1. The normalized spacial score (nSPS) is 22.7. The van der Waals surface area contributed by atoms with Gasteiger partial charge in [-0.25, -0.2) is 0 Å². The summed E-state index contributed by atoms with van der Waals surface area (Å²) in [5.74, 6) is -0.168. The van der Waals surface area contributed by atoms with Gasteiger partial charge < -0.3 is 9.47 Å². The standard InChI is InChI=1S/C44H84N2O6/c1-11-13-15-17-23-27-35-49-45-33-31-37(41(3,4)43(45,7)8)51-39(47)29-25-21-19-20-22-26-30-40(48)52-38-32-34-46(44(9,10)42(38,5)6)50-36-28-24-18-16-14-12-2/h37-38H,11-36H2,1-10H3. The van der Waals surface area contributed by atoms with Crippen LogP contribution in [0.5, 0.6) is 0 Å². The van der Waals surface area contributed by atoms with E-state index < -0.39 is 0 Å². The summed E-state index contributed by atoms with van der Waals surface area (Å²) in [6, 6.07) is 0. The van der Waals surface area contributed by atoms with Crippen molar-refractivity contribution in [1.29, 1.82) is 0 Å². The summed E-state index contributed by atoms with van der Waals surface area (Å²) in [4.78, 5) is 38.2. The number of carbonyl (C=O) groups is 2. The predicted molar refractivity (Wildman–Crippen MR) is 214 cm³/mol. The van der Waals surface area contributed by atoms with Crippen molar-refractivity contribution >= 4 is 11.9 Å². The number of ether oxygens (including phenoxy) is 2. The molecule has 0 spiro atoms. The van der Waals surface area contributed by atoms with E-state index in [4.69, 9.17) is 19.1 Å². The number of hydroxylamine groups is 4. The second-order valence-electron chi connectivity index (χ2n) is 18.1. The molecule has 0 aromatic carbocycles. The van der Waals surface area contributed by atoms with Gasteiger partial charge in [0.1, 0.15) is 12.2 Å². The van der Waals surface area contributed by atoms with Crippen molar-refractivity contribution in [3.63, 3.8) is 0 Å². The van der Waals surface area contributed by atoms with E-state index in [1.165, 1.54) is 64.2 Å². The molecule has 0 aromatic heterocycles. The van der Waals surface area contributed by atoms with Crippen molar-refractivity contribution in [3.8, 4) is 0 Å². The monoisotopic (exact) mass is 737 g/mol. The molecule has 0 amide bonds. The highest BCUT2D eigenvalue weighted by atomic mass is 16.7. The molecule has 0 bridgehead atoms. The highest BCUT2D eigenvalue weighted by Gasteiger charge is 2.53. The van der Waals surface area contributed by atoms with Gasteiger partial charge in [0.15, 0.2) is 0 Å². The van der Waals surface area contributed by atoms with Crippen molar-refractivity contribution in [2.75, 3.05) is 26.3 Å². The lowest BCUT2D eigenvalue weighted by atomic mass is 9.67. The van der Waals surface area contributed by atoms with Crippen molar-refractivity contribution in [2.24, 2.45) is 10.8 Å². The van der Waals surface area contributed by atoms with Gasteiger partial charge in [-0.2, -0.15) is 10.1 Å². The number of unbranched alkanes of at least 4 members (excludes halogenated alkanes) is 15. The Labute approximate surface area is 321 Å². The van der Waals surface area contributed by atoms with Gasteiger partial charge in [0.25, 0.3) is 0 Å². The summed E-state index contributed by atoms with van der Waals surface area (Å²) in [6.07, 6.45) is 23.1. The number of hydrogen-bond donors (Lipinski definition) is 0. The molecule has 2 unspecified atom stereocenters. The van der Waals surface area contributed by atoms with Crippen LogP contribution in [0.2, 0.25) is 0 Å². The molecule has 0 aliphatic carbocycles. The Kier molecular flexibility index (Phi) is 21.3. The maximum atomic E-state index is 12.9. The van der Waals surface area contributed by atoms with Gasteiger partial charge in [-0.05, 0) is 53.4 Å². The zero-order chi connectivity index (χ0) is 38.7. The van der Waals surface area contributed by atoms with Gasteiger partial charge >= 0.3 is 11.9 Å². The maximum Gasteiger partial charge on any atom is 0.306 e. The average molecular weight is 737 g/mol. The lowest BCUT2D eigenvalue weighted by Gasteiger charge is -2.55. The SMILES string of the molecule is CCCCCCCCON1CCC(OC(=O)CCCCCCCCC(=O)OC2CCN(OCCCCCCCC)C(C)(C)C2(C)C)C(C)(C)C1(C)C. The van der Waals surface area contributed by atoms with E-state index in [1.54, 1.807) is 0 Å². The van der Waals surface area contributed by atoms with Crippen LogP contribution in [0.15, 0.2) is 0 Å². The number of hydrogen-bond acceptors (Lipinski definition) is 8. The van der Waals surface area contributed by atoms with Crippen LogP contribution in [0.25, 0.3) is 0 Å². The minimum Gasteiger partial charge on any atom is -0.462 e. The lowest BCUT2D eigenvalue weighted by molar-refractivity contribution is -0.280. The smallest absolute Gasteiger partial charge is 0.306 e. The Morgan fingerprint density at radius 3 is 1.13 bits per heavy atom. The predicted octanol–water partition coefficient (Wildman–Crippen LogP) is 11.5. The minimum atomic E-state index is -0.239. The number of nitrogens with zero attached hydrogens (tertiary/aromatic N) is 2. The molecule has 8 nitrogen and oxygen atoms in total. The average Bonchev–Trinajstić information content (AvgIpc) is 3.08. The summed E-state index contributed by atoms with van der Waals surface area (Å²) in [7, 11) is 0. The van der Waals surface area contributed by atoms with E-state index in [9.17, 15) is 9.59 Å². The van der Waals surface area contributed by atoms with E-state index in [0.29, 0.717) is 12.8 Å².